The number of nitrogens with one attached hydrogen (secondary N) is 1. The Morgan fingerprint density at radius 1 is 1.30 bits per heavy atom. The van der Waals surface area contributed by atoms with Gasteiger partial charge in [-0.25, -0.2) is 4.98 Å². The fourth-order valence-electron chi connectivity index (χ4n) is 2.26. The summed E-state index contributed by atoms with van der Waals surface area (Å²) in [5.41, 5.74) is 1.24. The molecule has 0 atom stereocenters. The summed E-state index contributed by atoms with van der Waals surface area (Å²) >= 11 is 0. The fourth-order valence-corrected chi connectivity index (χ4v) is 2.26. The highest BCUT2D eigenvalue weighted by molar-refractivity contribution is 5.89. The van der Waals surface area contributed by atoms with Crippen molar-refractivity contribution in [2.24, 2.45) is 0 Å². The van der Waals surface area contributed by atoms with E-state index in [4.69, 9.17) is 4.74 Å². The first-order chi connectivity index (χ1) is 9.88. The zero-order valence-electron chi connectivity index (χ0n) is 11.6. The molecule has 0 radical (unpaired) electrons. The molecule has 0 saturated heterocycles. The van der Waals surface area contributed by atoms with Gasteiger partial charge in [0.2, 0.25) is 5.88 Å². The van der Waals surface area contributed by atoms with Crippen molar-refractivity contribution in [2.45, 2.75) is 31.8 Å². The van der Waals surface area contributed by atoms with Gasteiger partial charge in [-0.05, 0) is 36.3 Å². The van der Waals surface area contributed by atoms with Crippen molar-refractivity contribution in [2.75, 3.05) is 6.61 Å². The van der Waals surface area contributed by atoms with Crippen LogP contribution in [0, 0.1) is 0 Å². The molecule has 3 heteroatoms. The van der Waals surface area contributed by atoms with Crippen molar-refractivity contribution < 1.29 is 4.74 Å². The molecule has 1 aliphatic rings. The fraction of sp³-hybridized carbons (Fsp3) is 0.353. The van der Waals surface area contributed by atoms with E-state index in [1.165, 1.54) is 23.8 Å². The molecule has 20 heavy (non-hydrogen) atoms. The van der Waals surface area contributed by atoms with E-state index < -0.39 is 0 Å². The molecule has 1 saturated carbocycles. The summed E-state index contributed by atoms with van der Waals surface area (Å²) in [6.07, 6.45) is 7.22. The van der Waals surface area contributed by atoms with Crippen molar-refractivity contribution in [1.82, 2.24) is 10.3 Å². The first kappa shape index (κ1) is 13.1. The van der Waals surface area contributed by atoms with E-state index in [2.05, 4.69) is 35.1 Å². The molecule has 3 rings (SSSR count). The minimum absolute atomic E-state index is 0.625. The predicted octanol–water partition coefficient (Wildman–Crippen LogP) is 3.44. The van der Waals surface area contributed by atoms with Crippen molar-refractivity contribution in [1.29, 1.82) is 0 Å². The molecule has 1 aromatic heterocycles. The Labute approximate surface area is 119 Å². The second-order valence-electron chi connectivity index (χ2n) is 5.22. The van der Waals surface area contributed by atoms with E-state index in [0.717, 1.165) is 24.2 Å². The van der Waals surface area contributed by atoms with Gasteiger partial charge >= 0.3 is 0 Å². The maximum atomic E-state index is 5.75. The summed E-state index contributed by atoms with van der Waals surface area (Å²) in [5, 5.41) is 5.86. The van der Waals surface area contributed by atoms with Crippen LogP contribution in [0.15, 0.2) is 43.1 Å². The van der Waals surface area contributed by atoms with Gasteiger partial charge < -0.3 is 10.1 Å². The summed E-state index contributed by atoms with van der Waals surface area (Å²) in [4.78, 5) is 4.48. The van der Waals surface area contributed by atoms with Crippen LogP contribution in [0.1, 0.15) is 24.8 Å². The number of ether oxygens (including phenoxy) is 1. The zero-order chi connectivity index (χ0) is 13.8. The van der Waals surface area contributed by atoms with Gasteiger partial charge in [0.05, 0.1) is 6.61 Å². The lowest BCUT2D eigenvalue weighted by molar-refractivity contribution is 0.316. The van der Waals surface area contributed by atoms with E-state index >= 15 is 0 Å². The quantitative estimate of drug-likeness (QED) is 0.617. The van der Waals surface area contributed by atoms with Gasteiger partial charge in [-0.3, -0.25) is 0 Å². The van der Waals surface area contributed by atoms with Crippen molar-refractivity contribution in [3.05, 3.63) is 48.7 Å². The molecule has 0 bridgehead atoms. The van der Waals surface area contributed by atoms with Crippen molar-refractivity contribution >= 4 is 10.8 Å². The summed E-state index contributed by atoms with van der Waals surface area (Å²) in [6, 6.07) is 9.02. The third kappa shape index (κ3) is 2.99. The van der Waals surface area contributed by atoms with Crippen LogP contribution in [0.25, 0.3) is 10.8 Å². The molecule has 2 aromatic rings. The number of benzene rings is 1. The summed E-state index contributed by atoms with van der Waals surface area (Å²) < 4.78 is 5.75. The van der Waals surface area contributed by atoms with E-state index in [1.54, 1.807) is 0 Å². The van der Waals surface area contributed by atoms with Crippen LogP contribution in [0.3, 0.4) is 0 Å². The molecule has 0 amide bonds. The van der Waals surface area contributed by atoms with Gasteiger partial charge in [-0.1, -0.05) is 24.3 Å². The van der Waals surface area contributed by atoms with Crippen molar-refractivity contribution in [3.63, 3.8) is 0 Å². The van der Waals surface area contributed by atoms with Gasteiger partial charge in [0.15, 0.2) is 0 Å². The topological polar surface area (TPSA) is 34.1 Å². The third-order valence-electron chi connectivity index (χ3n) is 3.56. The summed E-state index contributed by atoms with van der Waals surface area (Å²) in [5.74, 6) is 0.720. The van der Waals surface area contributed by atoms with Crippen LogP contribution < -0.4 is 10.1 Å². The predicted molar refractivity (Wildman–Crippen MR) is 81.9 cm³/mol. The number of nitrogens with zero attached hydrogens (tertiary/aromatic N) is 1. The van der Waals surface area contributed by atoms with E-state index in [9.17, 15) is 0 Å². The standard InChI is InChI=1S/C17H20N2O/c1-2-3-10-20-17-16-7-5-4-6-15(16)13(12-19-17)11-18-14-8-9-14/h2,4-7,12,14,18H,1,3,8-11H2. The molecule has 104 valence electrons. The van der Waals surface area contributed by atoms with Crippen LogP contribution in [0.5, 0.6) is 5.88 Å². The molecule has 1 N–H and O–H groups in total. The second kappa shape index (κ2) is 6.06. The molecule has 1 aliphatic carbocycles. The third-order valence-corrected chi connectivity index (χ3v) is 3.56. The lowest BCUT2D eigenvalue weighted by atomic mass is 10.1. The van der Waals surface area contributed by atoms with E-state index in [1.807, 2.05) is 18.3 Å². The number of hydrogen-bond donors (Lipinski definition) is 1. The molecule has 1 aromatic carbocycles. The number of rotatable bonds is 7. The number of fused-ring (bicyclic) bond motifs is 1. The maximum Gasteiger partial charge on any atom is 0.221 e. The van der Waals surface area contributed by atoms with Gasteiger partial charge in [0, 0.05) is 24.2 Å². The second-order valence-corrected chi connectivity index (χ2v) is 5.22. The minimum atomic E-state index is 0.625. The Bertz CT molecular complexity index is 605. The Kier molecular flexibility index (Phi) is 3.97. The van der Waals surface area contributed by atoms with E-state index in [-0.39, 0.29) is 0 Å². The monoisotopic (exact) mass is 268 g/mol. The number of aromatic nitrogens is 1. The lowest BCUT2D eigenvalue weighted by Gasteiger charge is -2.11. The van der Waals surface area contributed by atoms with Crippen LogP contribution in [0.2, 0.25) is 0 Å². The van der Waals surface area contributed by atoms with Gasteiger partial charge in [0.1, 0.15) is 0 Å². The molecule has 0 spiro atoms. The maximum absolute atomic E-state index is 5.75. The molecule has 0 aliphatic heterocycles. The van der Waals surface area contributed by atoms with Gasteiger partial charge in [-0.2, -0.15) is 0 Å². The average Bonchev–Trinajstić information content (AvgIpc) is 3.30. The SMILES string of the molecule is C=CCCOc1ncc(CNC2CC2)c2ccccc12. The Hall–Kier alpha value is -1.87. The van der Waals surface area contributed by atoms with E-state index in [0.29, 0.717) is 12.6 Å². The van der Waals surface area contributed by atoms with Crippen molar-refractivity contribution in [3.8, 4) is 5.88 Å². The van der Waals surface area contributed by atoms with Gasteiger partial charge in [0.25, 0.3) is 0 Å². The molecule has 1 heterocycles. The van der Waals surface area contributed by atoms with Crippen LogP contribution in [-0.4, -0.2) is 17.6 Å². The number of hydrogen-bond acceptors (Lipinski definition) is 3. The first-order valence-corrected chi connectivity index (χ1v) is 7.22. The molecule has 0 unspecified atom stereocenters. The highest BCUT2D eigenvalue weighted by Crippen LogP contribution is 2.27. The number of pyridine rings is 1. The summed E-state index contributed by atoms with van der Waals surface area (Å²) in [6.45, 7) is 5.21. The highest BCUT2D eigenvalue weighted by atomic mass is 16.5. The Morgan fingerprint density at radius 2 is 2.10 bits per heavy atom. The van der Waals surface area contributed by atoms with Gasteiger partial charge in [-0.15, -0.1) is 6.58 Å². The normalized spacial score (nSPS) is 14.4. The Morgan fingerprint density at radius 3 is 2.85 bits per heavy atom. The molecular weight excluding hydrogens is 248 g/mol. The molecular formula is C17H20N2O. The average molecular weight is 268 g/mol. The smallest absolute Gasteiger partial charge is 0.221 e. The minimum Gasteiger partial charge on any atom is -0.477 e. The zero-order valence-corrected chi connectivity index (χ0v) is 11.6. The van der Waals surface area contributed by atoms with Crippen LogP contribution in [0.4, 0.5) is 0 Å². The Balaban J connectivity index is 1.85. The summed E-state index contributed by atoms with van der Waals surface area (Å²) in [7, 11) is 0. The largest absolute Gasteiger partial charge is 0.477 e. The lowest BCUT2D eigenvalue weighted by Crippen LogP contribution is -2.15. The molecule has 3 nitrogen and oxygen atoms in total. The highest BCUT2D eigenvalue weighted by Gasteiger charge is 2.20. The first-order valence-electron chi connectivity index (χ1n) is 7.22. The van der Waals surface area contributed by atoms with Crippen LogP contribution >= 0.6 is 0 Å². The van der Waals surface area contributed by atoms with Crippen LogP contribution in [-0.2, 0) is 6.54 Å². The molecule has 1 fully saturated rings.